The van der Waals surface area contributed by atoms with Crippen molar-refractivity contribution in [2.24, 2.45) is 0 Å². The van der Waals surface area contributed by atoms with Crippen LogP contribution in [0.15, 0.2) is 33.8 Å². The molecular formula is C13H16ClN3S2. The Hall–Kier alpha value is -0.620. The summed E-state index contributed by atoms with van der Waals surface area (Å²) in [5, 5.41) is 4.20. The number of nitrogens with one attached hydrogen (secondary N) is 1. The standard InChI is InChI=1S/C13H16ClN3S2/c1-13(2,3)16-7-9-4-5-11(10(14)6-9)18-12-15-8-17-19-12/h4-6,8,16H,7H2,1-3H3. The van der Waals surface area contributed by atoms with Gasteiger partial charge in [0.1, 0.15) is 6.33 Å². The summed E-state index contributed by atoms with van der Waals surface area (Å²) in [5.41, 5.74) is 1.29. The van der Waals surface area contributed by atoms with Gasteiger partial charge >= 0.3 is 0 Å². The van der Waals surface area contributed by atoms with Crippen LogP contribution in [0.2, 0.25) is 5.02 Å². The molecule has 19 heavy (non-hydrogen) atoms. The van der Waals surface area contributed by atoms with E-state index in [0.29, 0.717) is 0 Å². The molecule has 6 heteroatoms. The van der Waals surface area contributed by atoms with Crippen molar-refractivity contribution in [3.63, 3.8) is 0 Å². The van der Waals surface area contributed by atoms with Crippen molar-refractivity contribution in [3.05, 3.63) is 35.1 Å². The molecule has 2 aromatic rings. The molecule has 3 nitrogen and oxygen atoms in total. The number of hydrogen-bond donors (Lipinski definition) is 1. The quantitative estimate of drug-likeness (QED) is 0.916. The van der Waals surface area contributed by atoms with Crippen LogP contribution in [0.5, 0.6) is 0 Å². The molecule has 0 aliphatic carbocycles. The lowest BCUT2D eigenvalue weighted by atomic mass is 10.1. The van der Waals surface area contributed by atoms with E-state index in [0.717, 1.165) is 20.8 Å². The Kier molecular flexibility index (Phi) is 4.84. The van der Waals surface area contributed by atoms with E-state index in [1.54, 1.807) is 18.1 Å². The summed E-state index contributed by atoms with van der Waals surface area (Å²) in [6.07, 6.45) is 1.56. The molecule has 0 radical (unpaired) electrons. The fourth-order valence-electron chi connectivity index (χ4n) is 1.41. The van der Waals surface area contributed by atoms with Gasteiger partial charge in [-0.3, -0.25) is 0 Å². The van der Waals surface area contributed by atoms with Gasteiger partial charge in [0, 0.05) is 17.0 Å². The topological polar surface area (TPSA) is 37.8 Å². The number of benzene rings is 1. The van der Waals surface area contributed by atoms with Gasteiger partial charge < -0.3 is 5.32 Å². The fraction of sp³-hybridized carbons (Fsp3) is 0.385. The van der Waals surface area contributed by atoms with Crippen LogP contribution in [0.3, 0.4) is 0 Å². The molecule has 0 saturated heterocycles. The summed E-state index contributed by atoms with van der Waals surface area (Å²) in [7, 11) is 0. The highest BCUT2D eigenvalue weighted by Crippen LogP contribution is 2.34. The maximum Gasteiger partial charge on any atom is 0.174 e. The molecule has 0 spiro atoms. The Labute approximate surface area is 127 Å². The summed E-state index contributed by atoms with van der Waals surface area (Å²) >= 11 is 9.23. The average molecular weight is 314 g/mol. The molecule has 1 aromatic carbocycles. The van der Waals surface area contributed by atoms with Gasteiger partial charge in [-0.15, -0.1) is 0 Å². The van der Waals surface area contributed by atoms with E-state index in [1.165, 1.54) is 17.1 Å². The molecule has 1 N–H and O–H groups in total. The first-order chi connectivity index (χ1) is 8.94. The predicted molar refractivity (Wildman–Crippen MR) is 82.1 cm³/mol. The van der Waals surface area contributed by atoms with E-state index in [-0.39, 0.29) is 5.54 Å². The van der Waals surface area contributed by atoms with E-state index >= 15 is 0 Å². The largest absolute Gasteiger partial charge is 0.308 e. The Morgan fingerprint density at radius 3 is 2.74 bits per heavy atom. The van der Waals surface area contributed by atoms with Crippen molar-refractivity contribution >= 4 is 34.9 Å². The zero-order valence-corrected chi connectivity index (χ0v) is 13.5. The minimum Gasteiger partial charge on any atom is -0.308 e. The Morgan fingerprint density at radius 2 is 2.16 bits per heavy atom. The fourth-order valence-corrected chi connectivity index (χ4v) is 3.13. The molecule has 1 aromatic heterocycles. The normalized spacial score (nSPS) is 11.8. The summed E-state index contributed by atoms with van der Waals surface area (Å²) in [6.45, 7) is 7.25. The molecule has 0 aliphatic rings. The van der Waals surface area contributed by atoms with Crippen LogP contribution in [0, 0.1) is 0 Å². The predicted octanol–water partition coefficient (Wildman–Crippen LogP) is 4.23. The van der Waals surface area contributed by atoms with E-state index in [1.807, 2.05) is 12.1 Å². The zero-order valence-electron chi connectivity index (χ0n) is 11.1. The van der Waals surface area contributed by atoms with Crippen LogP contribution < -0.4 is 5.32 Å². The third-order valence-corrected chi connectivity index (χ3v) is 4.57. The van der Waals surface area contributed by atoms with Crippen molar-refractivity contribution in [1.29, 1.82) is 0 Å². The molecule has 0 amide bonds. The van der Waals surface area contributed by atoms with Crippen molar-refractivity contribution < 1.29 is 0 Å². The summed E-state index contributed by atoms with van der Waals surface area (Å²) in [5.74, 6) is 0. The Balaban J connectivity index is 2.05. The van der Waals surface area contributed by atoms with Gasteiger partial charge in [0.15, 0.2) is 4.34 Å². The maximum absolute atomic E-state index is 6.30. The van der Waals surface area contributed by atoms with E-state index in [2.05, 4.69) is 41.5 Å². The van der Waals surface area contributed by atoms with Gasteiger partial charge in [-0.2, -0.15) is 4.37 Å². The van der Waals surface area contributed by atoms with E-state index in [4.69, 9.17) is 11.6 Å². The van der Waals surface area contributed by atoms with Crippen molar-refractivity contribution in [2.75, 3.05) is 0 Å². The second kappa shape index (κ2) is 6.22. The molecule has 0 bridgehead atoms. The number of hydrogen-bond acceptors (Lipinski definition) is 5. The molecule has 102 valence electrons. The molecule has 0 fully saturated rings. The van der Waals surface area contributed by atoms with Gasteiger partial charge in [-0.25, -0.2) is 4.98 Å². The van der Waals surface area contributed by atoms with Crippen LogP contribution in [0.25, 0.3) is 0 Å². The second-order valence-corrected chi connectivity index (χ2v) is 7.65. The maximum atomic E-state index is 6.30. The van der Waals surface area contributed by atoms with Gasteiger partial charge in [0.2, 0.25) is 0 Å². The number of rotatable bonds is 4. The Bertz CT molecular complexity index is 535. The molecular weight excluding hydrogens is 298 g/mol. The van der Waals surface area contributed by atoms with Crippen LogP contribution >= 0.6 is 34.9 Å². The summed E-state index contributed by atoms with van der Waals surface area (Å²) in [6, 6.07) is 6.13. The van der Waals surface area contributed by atoms with Crippen molar-refractivity contribution in [1.82, 2.24) is 14.7 Å². The minimum absolute atomic E-state index is 0.104. The highest BCUT2D eigenvalue weighted by molar-refractivity contribution is 8.01. The third kappa shape index (κ3) is 4.76. The lowest BCUT2D eigenvalue weighted by Crippen LogP contribution is -2.35. The first kappa shape index (κ1) is 14.8. The van der Waals surface area contributed by atoms with E-state index < -0.39 is 0 Å². The summed E-state index contributed by atoms with van der Waals surface area (Å²) in [4.78, 5) is 5.16. The molecule has 2 rings (SSSR count). The molecule has 0 saturated carbocycles. The van der Waals surface area contributed by atoms with Crippen LogP contribution in [0.1, 0.15) is 26.3 Å². The second-order valence-electron chi connectivity index (χ2n) is 5.18. The third-order valence-electron chi connectivity index (χ3n) is 2.36. The van der Waals surface area contributed by atoms with Crippen LogP contribution in [-0.4, -0.2) is 14.9 Å². The number of nitrogens with zero attached hydrogens (tertiary/aromatic N) is 2. The molecule has 0 atom stereocenters. The van der Waals surface area contributed by atoms with Crippen molar-refractivity contribution in [3.8, 4) is 0 Å². The smallest absolute Gasteiger partial charge is 0.174 e. The lowest BCUT2D eigenvalue weighted by Gasteiger charge is -2.20. The van der Waals surface area contributed by atoms with Gasteiger partial charge in [-0.1, -0.05) is 29.4 Å². The van der Waals surface area contributed by atoms with E-state index in [9.17, 15) is 0 Å². The van der Waals surface area contributed by atoms with Crippen LogP contribution in [0.4, 0.5) is 0 Å². The number of halogens is 1. The minimum atomic E-state index is 0.104. The average Bonchev–Trinajstić information content (AvgIpc) is 2.81. The first-order valence-corrected chi connectivity index (χ1v) is 7.89. The van der Waals surface area contributed by atoms with Crippen LogP contribution in [-0.2, 0) is 6.54 Å². The number of aromatic nitrogens is 2. The molecule has 0 aliphatic heterocycles. The van der Waals surface area contributed by atoms with Gasteiger partial charge in [-0.05, 0) is 50.0 Å². The monoisotopic (exact) mass is 313 g/mol. The molecule has 0 unspecified atom stereocenters. The lowest BCUT2D eigenvalue weighted by molar-refractivity contribution is 0.424. The van der Waals surface area contributed by atoms with Gasteiger partial charge in [0.25, 0.3) is 0 Å². The highest BCUT2D eigenvalue weighted by atomic mass is 35.5. The Morgan fingerprint density at radius 1 is 1.37 bits per heavy atom. The molecule has 1 heterocycles. The first-order valence-electron chi connectivity index (χ1n) is 5.92. The summed E-state index contributed by atoms with van der Waals surface area (Å²) < 4.78 is 4.88. The zero-order chi connectivity index (χ0) is 13.9. The SMILES string of the molecule is CC(C)(C)NCc1ccc(Sc2ncns2)c(Cl)c1. The van der Waals surface area contributed by atoms with Gasteiger partial charge in [0.05, 0.1) is 5.02 Å². The highest BCUT2D eigenvalue weighted by Gasteiger charge is 2.10. The van der Waals surface area contributed by atoms with Crippen molar-refractivity contribution in [2.45, 2.75) is 42.1 Å².